The van der Waals surface area contributed by atoms with Gasteiger partial charge >= 0.3 is 0 Å². The fourth-order valence-corrected chi connectivity index (χ4v) is 12.5. The van der Waals surface area contributed by atoms with E-state index in [0.29, 0.717) is 0 Å². The lowest BCUT2D eigenvalue weighted by molar-refractivity contribution is 0.692. The van der Waals surface area contributed by atoms with Gasteiger partial charge in [-0.05, 0) is 124 Å². The molecular formula is C61H39N3S. The summed E-state index contributed by atoms with van der Waals surface area (Å²) in [4.78, 5) is 5.10. The number of rotatable bonds is 4. The van der Waals surface area contributed by atoms with Gasteiger partial charge in [-0.25, -0.2) is 0 Å². The van der Waals surface area contributed by atoms with Crippen LogP contribution in [0.25, 0.3) is 66.1 Å². The quantitative estimate of drug-likeness (QED) is 0.175. The second kappa shape index (κ2) is 14.0. The highest BCUT2D eigenvalue weighted by Crippen LogP contribution is 2.63. The lowest BCUT2D eigenvalue weighted by Crippen LogP contribution is -2.39. The highest BCUT2D eigenvalue weighted by Gasteiger charge is 2.50. The molecule has 4 heterocycles. The lowest BCUT2D eigenvalue weighted by Gasteiger charge is -2.49. The summed E-state index contributed by atoms with van der Waals surface area (Å²) in [5.41, 5.74) is 17.5. The van der Waals surface area contributed by atoms with Crippen molar-refractivity contribution in [3.63, 3.8) is 0 Å². The third kappa shape index (κ3) is 5.14. The van der Waals surface area contributed by atoms with Gasteiger partial charge in [0.25, 0.3) is 0 Å². The number of aromatic nitrogens is 2. The summed E-state index contributed by atoms with van der Waals surface area (Å²) in [6.45, 7) is 0. The number of hydrogen-bond acceptors (Lipinski definition) is 2. The number of benzene rings is 10. The third-order valence-corrected chi connectivity index (χ3v) is 15.1. The molecule has 0 amide bonds. The average molecular weight is 846 g/mol. The molecule has 0 bridgehead atoms. The zero-order chi connectivity index (χ0) is 42.6. The molecule has 12 aromatic rings. The van der Waals surface area contributed by atoms with Crippen molar-refractivity contribution >= 4 is 72.4 Å². The molecule has 304 valence electrons. The van der Waals surface area contributed by atoms with Crippen LogP contribution in [0.4, 0.5) is 17.1 Å². The Morgan fingerprint density at radius 3 is 1.48 bits per heavy atom. The highest BCUT2D eigenvalue weighted by molar-refractivity contribution is 7.99. The van der Waals surface area contributed by atoms with Crippen molar-refractivity contribution < 1.29 is 0 Å². The van der Waals surface area contributed by atoms with Crippen LogP contribution in [0.3, 0.4) is 0 Å². The second-order valence-electron chi connectivity index (χ2n) is 17.2. The van der Waals surface area contributed by atoms with E-state index < -0.39 is 5.41 Å². The molecule has 3 nitrogen and oxygen atoms in total. The van der Waals surface area contributed by atoms with E-state index in [-0.39, 0.29) is 0 Å². The minimum Gasteiger partial charge on any atom is -0.310 e. The van der Waals surface area contributed by atoms with Gasteiger partial charge < -0.3 is 14.0 Å². The van der Waals surface area contributed by atoms with Gasteiger partial charge in [-0.1, -0.05) is 157 Å². The Bertz CT molecular complexity index is 3830. The minimum atomic E-state index is -0.590. The van der Waals surface area contributed by atoms with Gasteiger partial charge in [0.15, 0.2) is 0 Å². The maximum Gasteiger partial charge on any atom is 0.0764 e. The molecule has 0 N–H and O–H groups in total. The van der Waals surface area contributed by atoms with Crippen LogP contribution in [0.5, 0.6) is 0 Å². The van der Waals surface area contributed by atoms with Crippen LogP contribution in [-0.2, 0) is 5.41 Å². The number of para-hydroxylation sites is 5. The van der Waals surface area contributed by atoms with E-state index in [4.69, 9.17) is 0 Å². The van der Waals surface area contributed by atoms with Gasteiger partial charge in [-0.3, -0.25) is 0 Å². The molecule has 0 atom stereocenters. The molecule has 65 heavy (non-hydrogen) atoms. The summed E-state index contributed by atoms with van der Waals surface area (Å²) < 4.78 is 4.82. The van der Waals surface area contributed by atoms with E-state index in [1.54, 1.807) is 0 Å². The van der Waals surface area contributed by atoms with Crippen molar-refractivity contribution in [3.05, 3.63) is 259 Å². The van der Waals surface area contributed by atoms with Gasteiger partial charge in [-0.2, -0.15) is 0 Å². The Labute approximate surface area is 381 Å². The van der Waals surface area contributed by atoms with Gasteiger partial charge in [-0.15, -0.1) is 0 Å². The van der Waals surface area contributed by atoms with E-state index in [1.807, 2.05) is 11.8 Å². The summed E-state index contributed by atoms with van der Waals surface area (Å²) in [7, 11) is 0. The molecular weight excluding hydrogens is 807 g/mol. The fourth-order valence-electron chi connectivity index (χ4n) is 11.3. The van der Waals surface area contributed by atoms with Gasteiger partial charge in [0.1, 0.15) is 0 Å². The molecule has 0 saturated heterocycles. The first kappa shape index (κ1) is 36.4. The summed E-state index contributed by atoms with van der Waals surface area (Å²) in [5, 5.41) is 4.98. The summed E-state index contributed by atoms with van der Waals surface area (Å²) in [6.07, 6.45) is 0. The van der Waals surface area contributed by atoms with Crippen LogP contribution in [0.1, 0.15) is 22.3 Å². The second-order valence-corrected chi connectivity index (χ2v) is 18.3. The summed E-state index contributed by atoms with van der Waals surface area (Å²) in [5.74, 6) is 0. The summed E-state index contributed by atoms with van der Waals surface area (Å²) in [6, 6.07) is 87.8. The Hall–Kier alpha value is -8.05. The SMILES string of the molecule is c1ccc(-n2c3ccccc3c3cc(-c4ccc5c(c4)C4(c6ccccc6Sc6ccccc64)c4ccccc4N5c4ccc5c6ccccc6n(-c6ccccc6)c5c4)ccc32)cc1. The fraction of sp³-hybridized carbons (Fsp3) is 0.0164. The molecule has 0 fully saturated rings. The maximum absolute atomic E-state index is 2.52. The topological polar surface area (TPSA) is 13.1 Å². The standard InChI is InChI=1S/C61H39N3S/c1-3-17-42(18-4-1)62-54-27-13-8-22-46(54)48-37-40(31-35-55(48)62)41-32-36-57-52(38-41)61(50-24-10-15-29-59(50)65-60-30-16-11-25-51(60)61)49-23-9-14-28-56(49)64(57)44-33-34-47-45-21-7-12-26-53(45)63(58(47)39-44)43-19-5-2-6-20-43/h1-39H. The van der Waals surface area contributed by atoms with Crippen molar-refractivity contribution in [2.24, 2.45) is 0 Å². The van der Waals surface area contributed by atoms with Crippen LogP contribution >= 0.6 is 11.8 Å². The van der Waals surface area contributed by atoms with Crippen molar-refractivity contribution in [1.29, 1.82) is 0 Å². The Balaban J connectivity index is 1.06. The molecule has 1 spiro atoms. The smallest absolute Gasteiger partial charge is 0.0764 e. The van der Waals surface area contributed by atoms with Gasteiger partial charge in [0.05, 0.1) is 38.9 Å². The molecule has 0 unspecified atom stereocenters. The molecule has 2 aromatic heterocycles. The number of anilines is 3. The molecule has 0 saturated carbocycles. The molecule has 14 rings (SSSR count). The van der Waals surface area contributed by atoms with Crippen molar-refractivity contribution in [3.8, 4) is 22.5 Å². The number of fused-ring (bicyclic) bond motifs is 14. The Morgan fingerprint density at radius 1 is 0.292 bits per heavy atom. The molecule has 2 aliphatic heterocycles. The largest absolute Gasteiger partial charge is 0.310 e. The first-order valence-corrected chi connectivity index (χ1v) is 23.2. The normalized spacial score (nSPS) is 13.6. The Morgan fingerprint density at radius 2 is 0.785 bits per heavy atom. The van der Waals surface area contributed by atoms with Crippen LogP contribution in [-0.4, -0.2) is 9.13 Å². The molecule has 2 aliphatic rings. The lowest BCUT2D eigenvalue weighted by atomic mass is 9.62. The van der Waals surface area contributed by atoms with Gasteiger partial charge in [0, 0.05) is 48.4 Å². The van der Waals surface area contributed by atoms with E-state index in [9.17, 15) is 0 Å². The molecule has 0 radical (unpaired) electrons. The molecule has 10 aromatic carbocycles. The number of nitrogens with zero attached hydrogens (tertiary/aromatic N) is 3. The van der Waals surface area contributed by atoms with Crippen molar-refractivity contribution in [1.82, 2.24) is 9.13 Å². The Kier molecular flexibility index (Phi) is 7.83. The molecule has 0 aliphatic carbocycles. The first-order chi connectivity index (χ1) is 32.3. The van der Waals surface area contributed by atoms with E-state index in [0.717, 1.165) is 17.1 Å². The average Bonchev–Trinajstić information content (AvgIpc) is 3.89. The number of hydrogen-bond donors (Lipinski definition) is 0. The van der Waals surface area contributed by atoms with E-state index in [2.05, 4.69) is 251 Å². The molecule has 4 heteroatoms. The summed E-state index contributed by atoms with van der Waals surface area (Å²) >= 11 is 1.88. The third-order valence-electron chi connectivity index (χ3n) is 13.9. The first-order valence-electron chi connectivity index (χ1n) is 22.3. The van der Waals surface area contributed by atoms with Gasteiger partial charge in [0.2, 0.25) is 0 Å². The van der Waals surface area contributed by atoms with Crippen LogP contribution in [0.2, 0.25) is 0 Å². The maximum atomic E-state index is 2.52. The van der Waals surface area contributed by atoms with Crippen LogP contribution in [0.15, 0.2) is 246 Å². The predicted octanol–water partition coefficient (Wildman–Crippen LogP) is 16.2. The van der Waals surface area contributed by atoms with Crippen LogP contribution < -0.4 is 4.90 Å². The van der Waals surface area contributed by atoms with E-state index in [1.165, 1.54) is 98.2 Å². The predicted molar refractivity (Wildman–Crippen MR) is 271 cm³/mol. The van der Waals surface area contributed by atoms with Crippen LogP contribution in [0, 0.1) is 0 Å². The van der Waals surface area contributed by atoms with E-state index >= 15 is 0 Å². The zero-order valence-corrected chi connectivity index (χ0v) is 36.1. The zero-order valence-electron chi connectivity index (χ0n) is 35.3. The monoisotopic (exact) mass is 845 g/mol. The van der Waals surface area contributed by atoms with Crippen molar-refractivity contribution in [2.75, 3.05) is 4.90 Å². The minimum absolute atomic E-state index is 0.590. The van der Waals surface area contributed by atoms with Crippen molar-refractivity contribution in [2.45, 2.75) is 15.2 Å². The highest BCUT2D eigenvalue weighted by atomic mass is 32.2.